The fourth-order valence-electron chi connectivity index (χ4n) is 3.18. The Hall–Kier alpha value is -2.29. The van der Waals surface area contributed by atoms with Gasteiger partial charge in [-0.1, -0.05) is 74.4 Å². The minimum Gasteiger partial charge on any atom is -0.450 e. The van der Waals surface area contributed by atoms with Crippen LogP contribution in [0.25, 0.3) is 0 Å². The Balaban J connectivity index is 2.04. The van der Waals surface area contributed by atoms with Crippen LogP contribution >= 0.6 is 0 Å². The Morgan fingerprint density at radius 3 is 2.40 bits per heavy atom. The van der Waals surface area contributed by atoms with Gasteiger partial charge >= 0.3 is 6.16 Å². The summed E-state index contributed by atoms with van der Waals surface area (Å²) in [6.45, 7) is 2.19. The predicted octanol–water partition coefficient (Wildman–Crippen LogP) is 6.18. The molecule has 2 rings (SSSR count). The van der Waals surface area contributed by atoms with Crippen LogP contribution in [-0.2, 0) is 17.6 Å². The lowest BCUT2D eigenvalue weighted by Crippen LogP contribution is -2.12. The van der Waals surface area contributed by atoms with Crippen molar-refractivity contribution in [2.24, 2.45) is 0 Å². The molecule has 2 aromatic carbocycles. The van der Waals surface area contributed by atoms with E-state index in [0.717, 1.165) is 31.2 Å². The summed E-state index contributed by atoms with van der Waals surface area (Å²) in [5.41, 5.74) is 3.50. The lowest BCUT2D eigenvalue weighted by molar-refractivity contribution is 0.0464. The number of hydrogen-bond donors (Lipinski definition) is 1. The maximum atomic E-state index is 11.2. The van der Waals surface area contributed by atoms with Crippen molar-refractivity contribution in [1.82, 2.24) is 0 Å². The molecule has 0 aliphatic carbocycles. The van der Waals surface area contributed by atoms with E-state index in [0.29, 0.717) is 6.42 Å². The van der Waals surface area contributed by atoms with Gasteiger partial charge in [0.2, 0.25) is 0 Å². The van der Waals surface area contributed by atoms with Crippen molar-refractivity contribution in [1.29, 1.82) is 0 Å². The highest BCUT2D eigenvalue weighted by Gasteiger charge is 2.19. The molecule has 25 heavy (non-hydrogen) atoms. The molecule has 1 N–H and O–H groups in total. The molecule has 134 valence electrons. The number of carboxylic acid groups (broad SMARTS) is 1. The van der Waals surface area contributed by atoms with Gasteiger partial charge in [-0.3, -0.25) is 0 Å². The largest absolute Gasteiger partial charge is 0.506 e. The first-order valence-electron chi connectivity index (χ1n) is 9.22. The fraction of sp³-hybridized carbons (Fsp3) is 0.409. The van der Waals surface area contributed by atoms with E-state index in [1.54, 1.807) is 0 Å². The monoisotopic (exact) mass is 340 g/mol. The molecule has 0 aliphatic heterocycles. The molecule has 1 atom stereocenters. The molecule has 2 aromatic rings. The maximum absolute atomic E-state index is 11.2. The molecule has 0 bridgehead atoms. The molecule has 0 saturated carbocycles. The normalized spacial score (nSPS) is 11.9. The van der Waals surface area contributed by atoms with Crippen LogP contribution in [0.5, 0.6) is 0 Å². The summed E-state index contributed by atoms with van der Waals surface area (Å²) in [7, 11) is 0. The Morgan fingerprint density at radius 2 is 1.68 bits per heavy atom. The smallest absolute Gasteiger partial charge is 0.450 e. The minimum atomic E-state index is -1.20. The first-order chi connectivity index (χ1) is 12.2. The van der Waals surface area contributed by atoms with Crippen LogP contribution in [0.1, 0.15) is 61.8 Å². The van der Waals surface area contributed by atoms with Gasteiger partial charge in [-0.05, 0) is 48.8 Å². The van der Waals surface area contributed by atoms with E-state index in [4.69, 9.17) is 9.84 Å². The van der Waals surface area contributed by atoms with E-state index in [9.17, 15) is 4.79 Å². The molecule has 0 fully saturated rings. The molecule has 1 unspecified atom stereocenters. The quantitative estimate of drug-likeness (QED) is 0.415. The summed E-state index contributed by atoms with van der Waals surface area (Å²) in [6.07, 6.45) is 5.39. The van der Waals surface area contributed by atoms with E-state index in [2.05, 4.69) is 25.1 Å². The van der Waals surface area contributed by atoms with Crippen LogP contribution < -0.4 is 0 Å². The van der Waals surface area contributed by atoms with Crippen LogP contribution in [0.15, 0.2) is 54.6 Å². The van der Waals surface area contributed by atoms with E-state index in [1.807, 2.05) is 36.4 Å². The highest BCUT2D eigenvalue weighted by molar-refractivity contribution is 5.57. The van der Waals surface area contributed by atoms with Crippen LogP contribution in [0.4, 0.5) is 4.79 Å². The second-order valence-corrected chi connectivity index (χ2v) is 6.41. The third-order valence-electron chi connectivity index (χ3n) is 4.47. The van der Waals surface area contributed by atoms with Crippen molar-refractivity contribution in [2.45, 2.75) is 58.0 Å². The molecule has 0 aliphatic rings. The molecule has 0 aromatic heterocycles. The zero-order valence-electron chi connectivity index (χ0n) is 15.0. The molecule has 3 heteroatoms. The van der Waals surface area contributed by atoms with Crippen LogP contribution in [0.2, 0.25) is 0 Å². The van der Waals surface area contributed by atoms with Crippen LogP contribution in [0, 0.1) is 0 Å². The van der Waals surface area contributed by atoms with Crippen LogP contribution in [0.3, 0.4) is 0 Å². The molecular weight excluding hydrogens is 312 g/mol. The van der Waals surface area contributed by atoms with Crippen LogP contribution in [-0.4, -0.2) is 11.3 Å². The first-order valence-corrected chi connectivity index (χ1v) is 9.22. The summed E-state index contributed by atoms with van der Waals surface area (Å²) in [6, 6.07) is 18.4. The van der Waals surface area contributed by atoms with Crippen molar-refractivity contribution in [3.05, 3.63) is 71.3 Å². The molecule has 0 spiro atoms. The molecule has 0 heterocycles. The number of unbranched alkanes of at least 4 members (excludes halogenated alkanes) is 2. The van der Waals surface area contributed by atoms with Gasteiger partial charge in [-0.2, -0.15) is 0 Å². The summed E-state index contributed by atoms with van der Waals surface area (Å²) >= 11 is 0. The highest BCUT2D eigenvalue weighted by Crippen LogP contribution is 2.28. The Morgan fingerprint density at radius 1 is 0.960 bits per heavy atom. The molecule has 0 saturated heterocycles. The zero-order chi connectivity index (χ0) is 17.9. The molecule has 0 amide bonds. The lowest BCUT2D eigenvalue weighted by Gasteiger charge is -2.20. The number of aryl methyl sites for hydroxylation is 2. The van der Waals surface area contributed by atoms with Crippen molar-refractivity contribution in [3.8, 4) is 0 Å². The minimum absolute atomic E-state index is 0.390. The Bertz CT molecular complexity index is 637. The average molecular weight is 340 g/mol. The summed E-state index contributed by atoms with van der Waals surface area (Å²) in [4.78, 5) is 11.2. The van der Waals surface area contributed by atoms with E-state index in [-0.39, 0.29) is 6.10 Å². The van der Waals surface area contributed by atoms with Gasteiger partial charge in [-0.15, -0.1) is 0 Å². The maximum Gasteiger partial charge on any atom is 0.506 e. The second-order valence-electron chi connectivity index (χ2n) is 6.41. The van der Waals surface area contributed by atoms with Crippen molar-refractivity contribution in [3.63, 3.8) is 0 Å². The van der Waals surface area contributed by atoms with E-state index in [1.165, 1.54) is 24.0 Å². The number of ether oxygens (including phenoxy) is 1. The second kappa shape index (κ2) is 10.5. The number of carbonyl (C=O) groups is 1. The average Bonchev–Trinajstić information content (AvgIpc) is 2.62. The number of benzene rings is 2. The SMILES string of the molecule is CCCCCc1ccccc1C(CCCc1ccccc1)OC(=O)O. The molecular formula is C22H28O3. The van der Waals surface area contributed by atoms with E-state index >= 15 is 0 Å². The predicted molar refractivity (Wildman–Crippen MR) is 101 cm³/mol. The third-order valence-corrected chi connectivity index (χ3v) is 4.47. The zero-order valence-corrected chi connectivity index (χ0v) is 15.0. The lowest BCUT2D eigenvalue weighted by atomic mass is 9.94. The highest BCUT2D eigenvalue weighted by atomic mass is 16.7. The fourth-order valence-corrected chi connectivity index (χ4v) is 3.18. The topological polar surface area (TPSA) is 46.5 Å². The van der Waals surface area contributed by atoms with Crippen molar-refractivity contribution in [2.75, 3.05) is 0 Å². The molecule has 3 nitrogen and oxygen atoms in total. The van der Waals surface area contributed by atoms with Gasteiger partial charge in [0.05, 0.1) is 0 Å². The summed E-state index contributed by atoms with van der Waals surface area (Å²) in [5.74, 6) is 0. The Kier molecular flexibility index (Phi) is 8.03. The van der Waals surface area contributed by atoms with Gasteiger partial charge in [0.1, 0.15) is 6.10 Å². The Labute approximate surface area is 150 Å². The number of rotatable bonds is 10. The van der Waals surface area contributed by atoms with Gasteiger partial charge < -0.3 is 9.84 Å². The molecule has 0 radical (unpaired) electrons. The standard InChI is InChI=1S/C22H28O3/c1-2-3-5-14-19-15-8-9-16-20(19)21(25-22(23)24)17-10-13-18-11-6-4-7-12-18/h4,6-9,11-12,15-16,21H,2-3,5,10,13-14,17H2,1H3,(H,23,24). The van der Waals surface area contributed by atoms with Gasteiger partial charge in [0.25, 0.3) is 0 Å². The van der Waals surface area contributed by atoms with Gasteiger partial charge in [0.15, 0.2) is 0 Å². The summed E-state index contributed by atoms with van der Waals surface area (Å²) < 4.78 is 5.24. The van der Waals surface area contributed by atoms with Gasteiger partial charge in [0, 0.05) is 0 Å². The van der Waals surface area contributed by atoms with E-state index < -0.39 is 6.16 Å². The third kappa shape index (κ3) is 6.61. The van der Waals surface area contributed by atoms with Crippen molar-refractivity contribution >= 4 is 6.16 Å². The first kappa shape index (κ1) is 19.0. The van der Waals surface area contributed by atoms with Crippen molar-refractivity contribution < 1.29 is 14.6 Å². The summed E-state index contributed by atoms with van der Waals surface area (Å²) in [5, 5.41) is 9.14. The number of hydrogen-bond acceptors (Lipinski definition) is 2. The van der Waals surface area contributed by atoms with Gasteiger partial charge in [-0.25, -0.2) is 4.79 Å².